The number of alkyl carbamates (subject to hydrolysis) is 1. The minimum absolute atomic E-state index is 0.0627. The Balaban J connectivity index is 3.60. The van der Waals surface area contributed by atoms with Gasteiger partial charge in [0, 0.05) is 6.54 Å². The van der Waals surface area contributed by atoms with Crippen LogP contribution < -0.4 is 11.1 Å². The number of hydrogen-bond acceptors (Lipinski definition) is 3. The van der Waals surface area contributed by atoms with E-state index in [2.05, 4.69) is 5.32 Å². The summed E-state index contributed by atoms with van der Waals surface area (Å²) in [5.74, 6) is 0. The quantitative estimate of drug-likeness (QED) is 0.660. The van der Waals surface area contributed by atoms with E-state index in [0.29, 0.717) is 19.7 Å². The zero-order valence-electron chi connectivity index (χ0n) is 8.02. The van der Waals surface area contributed by atoms with Gasteiger partial charge in [-0.05, 0) is 18.9 Å². The van der Waals surface area contributed by atoms with Crippen LogP contribution in [0.4, 0.5) is 4.79 Å². The Bertz CT molecular complexity index is 146. The Morgan fingerprint density at radius 2 is 2.17 bits per heavy atom. The Morgan fingerprint density at radius 3 is 2.58 bits per heavy atom. The molecule has 0 aliphatic rings. The minimum atomic E-state index is -0.376. The largest absolute Gasteiger partial charge is 0.450 e. The van der Waals surface area contributed by atoms with Gasteiger partial charge in [-0.25, -0.2) is 4.79 Å². The molecule has 0 saturated heterocycles. The van der Waals surface area contributed by atoms with Gasteiger partial charge in [0.25, 0.3) is 0 Å². The maximum atomic E-state index is 10.8. The molecule has 0 atom stereocenters. The SMILES string of the molecule is CCOC(=O)NCC(C)(C)CN. The number of amides is 1. The molecule has 0 radical (unpaired) electrons. The van der Waals surface area contributed by atoms with Crippen molar-refractivity contribution in [3.8, 4) is 0 Å². The van der Waals surface area contributed by atoms with Crippen LogP contribution in [0.15, 0.2) is 0 Å². The second-order valence-corrected chi connectivity index (χ2v) is 3.44. The average molecular weight is 174 g/mol. The van der Waals surface area contributed by atoms with Gasteiger partial charge in [0.2, 0.25) is 0 Å². The highest BCUT2D eigenvalue weighted by atomic mass is 16.5. The monoisotopic (exact) mass is 174 g/mol. The number of rotatable bonds is 4. The van der Waals surface area contributed by atoms with E-state index < -0.39 is 0 Å². The smallest absolute Gasteiger partial charge is 0.407 e. The number of nitrogens with one attached hydrogen (secondary N) is 1. The van der Waals surface area contributed by atoms with Crippen LogP contribution >= 0.6 is 0 Å². The Labute approximate surface area is 73.5 Å². The summed E-state index contributed by atoms with van der Waals surface area (Å²) in [6.07, 6.45) is -0.376. The fraction of sp³-hybridized carbons (Fsp3) is 0.875. The third kappa shape index (κ3) is 4.96. The number of carbonyl (C=O) groups is 1. The predicted octanol–water partition coefficient (Wildman–Crippen LogP) is 0.717. The summed E-state index contributed by atoms with van der Waals surface area (Å²) in [6, 6.07) is 0. The Morgan fingerprint density at radius 1 is 1.58 bits per heavy atom. The standard InChI is InChI=1S/C8H18N2O2/c1-4-12-7(11)10-6-8(2,3)5-9/h4-6,9H2,1-3H3,(H,10,11). The van der Waals surface area contributed by atoms with Gasteiger partial charge in [0.05, 0.1) is 6.61 Å². The molecule has 0 fully saturated rings. The third-order valence-electron chi connectivity index (χ3n) is 1.54. The van der Waals surface area contributed by atoms with E-state index in [0.717, 1.165) is 0 Å². The molecule has 0 aromatic heterocycles. The Kier molecular flexibility index (Phi) is 4.66. The molecule has 1 amide bonds. The highest BCUT2D eigenvalue weighted by molar-refractivity contribution is 5.67. The maximum Gasteiger partial charge on any atom is 0.407 e. The first-order valence-corrected chi connectivity index (χ1v) is 4.12. The van der Waals surface area contributed by atoms with Gasteiger partial charge in [-0.3, -0.25) is 0 Å². The van der Waals surface area contributed by atoms with Crippen molar-refractivity contribution in [1.82, 2.24) is 5.32 Å². The topological polar surface area (TPSA) is 64.3 Å². The maximum absolute atomic E-state index is 10.8. The summed E-state index contributed by atoms with van der Waals surface area (Å²) in [5.41, 5.74) is 5.41. The van der Waals surface area contributed by atoms with Gasteiger partial charge >= 0.3 is 6.09 Å². The van der Waals surface area contributed by atoms with Gasteiger partial charge in [0.15, 0.2) is 0 Å². The van der Waals surface area contributed by atoms with Crippen molar-refractivity contribution in [2.24, 2.45) is 11.1 Å². The van der Waals surface area contributed by atoms with Crippen molar-refractivity contribution in [2.45, 2.75) is 20.8 Å². The lowest BCUT2D eigenvalue weighted by Crippen LogP contribution is -2.38. The summed E-state index contributed by atoms with van der Waals surface area (Å²) >= 11 is 0. The Hall–Kier alpha value is -0.770. The summed E-state index contributed by atoms with van der Waals surface area (Å²) in [7, 11) is 0. The number of nitrogens with two attached hydrogens (primary N) is 1. The first-order chi connectivity index (χ1) is 5.52. The molecular formula is C8H18N2O2. The molecule has 0 aromatic carbocycles. The first kappa shape index (κ1) is 11.2. The molecule has 0 unspecified atom stereocenters. The molecule has 0 aromatic rings. The molecule has 0 aliphatic heterocycles. The molecule has 0 saturated carbocycles. The van der Waals surface area contributed by atoms with Crippen molar-refractivity contribution in [1.29, 1.82) is 0 Å². The molecule has 0 spiro atoms. The van der Waals surface area contributed by atoms with Gasteiger partial charge in [-0.1, -0.05) is 13.8 Å². The normalized spacial score (nSPS) is 11.0. The van der Waals surface area contributed by atoms with E-state index in [9.17, 15) is 4.79 Å². The number of carbonyl (C=O) groups excluding carboxylic acids is 1. The van der Waals surface area contributed by atoms with Crippen LogP contribution in [-0.2, 0) is 4.74 Å². The fourth-order valence-electron chi connectivity index (χ4n) is 0.566. The molecule has 72 valence electrons. The van der Waals surface area contributed by atoms with E-state index in [-0.39, 0.29) is 11.5 Å². The first-order valence-electron chi connectivity index (χ1n) is 4.12. The molecule has 4 nitrogen and oxygen atoms in total. The highest BCUT2D eigenvalue weighted by Gasteiger charge is 2.16. The van der Waals surface area contributed by atoms with E-state index in [1.54, 1.807) is 6.92 Å². The lowest BCUT2D eigenvalue weighted by Gasteiger charge is -2.22. The molecule has 0 bridgehead atoms. The van der Waals surface area contributed by atoms with Crippen molar-refractivity contribution < 1.29 is 9.53 Å². The van der Waals surface area contributed by atoms with E-state index in [4.69, 9.17) is 10.5 Å². The summed E-state index contributed by atoms with van der Waals surface area (Å²) in [5, 5.41) is 2.63. The fourth-order valence-corrected chi connectivity index (χ4v) is 0.566. The van der Waals surface area contributed by atoms with Crippen LogP contribution in [0.25, 0.3) is 0 Å². The second kappa shape index (κ2) is 4.98. The molecule has 4 heteroatoms. The van der Waals surface area contributed by atoms with Crippen molar-refractivity contribution in [3.05, 3.63) is 0 Å². The van der Waals surface area contributed by atoms with Gasteiger partial charge in [-0.2, -0.15) is 0 Å². The van der Waals surface area contributed by atoms with E-state index >= 15 is 0 Å². The van der Waals surface area contributed by atoms with Gasteiger partial charge in [-0.15, -0.1) is 0 Å². The predicted molar refractivity (Wildman–Crippen MR) is 47.9 cm³/mol. The van der Waals surface area contributed by atoms with Crippen LogP contribution in [-0.4, -0.2) is 25.8 Å². The molecule has 0 rings (SSSR count). The van der Waals surface area contributed by atoms with E-state index in [1.165, 1.54) is 0 Å². The van der Waals surface area contributed by atoms with Crippen LogP contribution in [0, 0.1) is 5.41 Å². The zero-order valence-corrected chi connectivity index (χ0v) is 8.02. The molecule has 0 aliphatic carbocycles. The van der Waals surface area contributed by atoms with Crippen molar-refractivity contribution >= 4 is 6.09 Å². The molecule has 12 heavy (non-hydrogen) atoms. The number of ether oxygens (including phenoxy) is 1. The lowest BCUT2D eigenvalue weighted by molar-refractivity contribution is 0.147. The van der Waals surface area contributed by atoms with Crippen molar-refractivity contribution in [2.75, 3.05) is 19.7 Å². The molecule has 3 N–H and O–H groups in total. The van der Waals surface area contributed by atoms with Crippen LogP contribution in [0.5, 0.6) is 0 Å². The summed E-state index contributed by atoms with van der Waals surface area (Å²) < 4.78 is 4.69. The van der Waals surface area contributed by atoms with E-state index in [1.807, 2.05) is 13.8 Å². The second-order valence-electron chi connectivity index (χ2n) is 3.44. The summed E-state index contributed by atoms with van der Waals surface area (Å²) in [4.78, 5) is 10.8. The van der Waals surface area contributed by atoms with Gasteiger partial charge in [0.1, 0.15) is 0 Å². The zero-order chi connectivity index (χ0) is 9.61. The van der Waals surface area contributed by atoms with Crippen LogP contribution in [0.1, 0.15) is 20.8 Å². The number of hydrogen-bond donors (Lipinski definition) is 2. The lowest BCUT2D eigenvalue weighted by atomic mass is 9.94. The molecule has 0 heterocycles. The third-order valence-corrected chi connectivity index (χ3v) is 1.54. The van der Waals surface area contributed by atoms with Crippen molar-refractivity contribution in [3.63, 3.8) is 0 Å². The average Bonchev–Trinajstić information content (AvgIpc) is 2.02. The van der Waals surface area contributed by atoms with Crippen LogP contribution in [0.2, 0.25) is 0 Å². The summed E-state index contributed by atoms with van der Waals surface area (Å²) in [6.45, 7) is 7.22. The minimum Gasteiger partial charge on any atom is -0.450 e. The van der Waals surface area contributed by atoms with Gasteiger partial charge < -0.3 is 15.8 Å². The highest BCUT2D eigenvalue weighted by Crippen LogP contribution is 2.09. The molecular weight excluding hydrogens is 156 g/mol. The van der Waals surface area contributed by atoms with Crippen LogP contribution in [0.3, 0.4) is 0 Å².